The highest BCUT2D eigenvalue weighted by Gasteiger charge is 2.30. The molecule has 0 saturated carbocycles. The lowest BCUT2D eigenvalue weighted by atomic mass is 10.2. The average Bonchev–Trinajstić information content (AvgIpc) is 2.97. The van der Waals surface area contributed by atoms with Crippen molar-refractivity contribution in [1.29, 1.82) is 0 Å². The summed E-state index contributed by atoms with van der Waals surface area (Å²) >= 11 is 0. The van der Waals surface area contributed by atoms with Crippen LogP contribution in [0.25, 0.3) is 5.82 Å². The second-order valence-electron chi connectivity index (χ2n) is 5.90. The maximum Gasteiger partial charge on any atom is 0.416 e. The molecule has 0 unspecified atom stereocenters. The van der Waals surface area contributed by atoms with Gasteiger partial charge in [0.25, 0.3) is 0 Å². The van der Waals surface area contributed by atoms with Crippen molar-refractivity contribution >= 4 is 5.82 Å². The number of rotatable bonds is 6. The minimum atomic E-state index is -4.39. The first-order valence-electron chi connectivity index (χ1n) is 8.22. The number of benzene rings is 1. The smallest absolute Gasteiger partial charge is 0.416 e. The molecule has 6 nitrogen and oxygen atoms in total. The molecule has 3 rings (SSSR count). The Bertz CT molecular complexity index is 923. The van der Waals surface area contributed by atoms with E-state index >= 15 is 0 Å². The molecular formula is C18H18F3N5O. The van der Waals surface area contributed by atoms with Crippen molar-refractivity contribution in [2.75, 3.05) is 18.5 Å². The number of anilines is 1. The molecule has 2 aromatic heterocycles. The summed E-state index contributed by atoms with van der Waals surface area (Å²) in [4.78, 5) is 8.57. The summed E-state index contributed by atoms with van der Waals surface area (Å²) in [6.45, 7) is 4.34. The molecule has 2 heterocycles. The maximum atomic E-state index is 12.7. The highest BCUT2D eigenvalue weighted by Crippen LogP contribution is 2.31. The van der Waals surface area contributed by atoms with Crippen molar-refractivity contribution in [3.8, 4) is 11.6 Å². The molecule has 0 aliphatic heterocycles. The van der Waals surface area contributed by atoms with Crippen LogP contribution >= 0.6 is 0 Å². The Kier molecular flexibility index (Phi) is 5.29. The van der Waals surface area contributed by atoms with Gasteiger partial charge in [0.15, 0.2) is 5.82 Å². The highest BCUT2D eigenvalue weighted by atomic mass is 19.4. The number of alkyl halides is 3. The molecule has 0 fully saturated rings. The fourth-order valence-corrected chi connectivity index (χ4v) is 2.51. The second-order valence-corrected chi connectivity index (χ2v) is 5.90. The fourth-order valence-electron chi connectivity index (χ4n) is 2.51. The summed E-state index contributed by atoms with van der Waals surface area (Å²) in [7, 11) is 0. The van der Waals surface area contributed by atoms with Crippen LogP contribution in [-0.2, 0) is 6.18 Å². The van der Waals surface area contributed by atoms with E-state index in [9.17, 15) is 13.2 Å². The number of aromatic nitrogens is 4. The predicted octanol–water partition coefficient (Wildman–Crippen LogP) is 3.79. The van der Waals surface area contributed by atoms with Crippen LogP contribution in [0.5, 0.6) is 5.75 Å². The van der Waals surface area contributed by atoms with E-state index in [0.29, 0.717) is 18.2 Å². The van der Waals surface area contributed by atoms with E-state index in [1.807, 2.05) is 19.9 Å². The SMILES string of the molecule is Cc1cc(C)n(-c2cncc(NCCOc3cccc(C(F)(F)F)c3)n2)n1. The fraction of sp³-hybridized carbons (Fsp3) is 0.278. The van der Waals surface area contributed by atoms with Gasteiger partial charge in [-0.3, -0.25) is 4.98 Å². The summed E-state index contributed by atoms with van der Waals surface area (Å²) < 4.78 is 45.1. The van der Waals surface area contributed by atoms with Crippen LogP contribution in [0.2, 0.25) is 0 Å². The number of hydrogen-bond donors (Lipinski definition) is 1. The van der Waals surface area contributed by atoms with Crippen LogP contribution in [0.4, 0.5) is 19.0 Å². The minimum Gasteiger partial charge on any atom is -0.492 e. The molecule has 0 amide bonds. The Labute approximate surface area is 154 Å². The zero-order valence-electron chi connectivity index (χ0n) is 14.8. The monoisotopic (exact) mass is 377 g/mol. The molecule has 0 spiro atoms. The molecule has 3 aromatic rings. The first-order chi connectivity index (χ1) is 12.8. The van der Waals surface area contributed by atoms with E-state index in [1.165, 1.54) is 12.1 Å². The Morgan fingerprint density at radius 2 is 1.96 bits per heavy atom. The van der Waals surface area contributed by atoms with Crippen LogP contribution in [0.1, 0.15) is 17.0 Å². The molecule has 142 valence electrons. The van der Waals surface area contributed by atoms with Crippen molar-refractivity contribution in [2.24, 2.45) is 0 Å². The molecule has 0 atom stereocenters. The van der Waals surface area contributed by atoms with Crippen LogP contribution < -0.4 is 10.1 Å². The van der Waals surface area contributed by atoms with Gasteiger partial charge in [-0.25, -0.2) is 9.67 Å². The number of halogens is 3. The van der Waals surface area contributed by atoms with Gasteiger partial charge in [-0.15, -0.1) is 0 Å². The van der Waals surface area contributed by atoms with Gasteiger partial charge in [0.05, 0.1) is 30.2 Å². The van der Waals surface area contributed by atoms with Gasteiger partial charge in [0.2, 0.25) is 0 Å². The Morgan fingerprint density at radius 3 is 2.67 bits per heavy atom. The molecule has 9 heteroatoms. The molecule has 1 N–H and O–H groups in total. The molecule has 0 aliphatic carbocycles. The largest absolute Gasteiger partial charge is 0.492 e. The van der Waals surface area contributed by atoms with E-state index in [-0.39, 0.29) is 12.4 Å². The van der Waals surface area contributed by atoms with E-state index in [0.717, 1.165) is 23.5 Å². The molecule has 0 radical (unpaired) electrons. The Balaban J connectivity index is 1.57. The second kappa shape index (κ2) is 7.65. The summed E-state index contributed by atoms with van der Waals surface area (Å²) in [6.07, 6.45) is -1.24. The van der Waals surface area contributed by atoms with Crippen molar-refractivity contribution in [1.82, 2.24) is 19.7 Å². The normalized spacial score (nSPS) is 11.4. The Morgan fingerprint density at radius 1 is 1.15 bits per heavy atom. The van der Waals surface area contributed by atoms with Crippen molar-refractivity contribution in [3.63, 3.8) is 0 Å². The Hall–Kier alpha value is -3.10. The van der Waals surface area contributed by atoms with Gasteiger partial charge in [-0.05, 0) is 38.1 Å². The van der Waals surface area contributed by atoms with Gasteiger partial charge in [-0.2, -0.15) is 18.3 Å². The number of aryl methyl sites for hydroxylation is 2. The van der Waals surface area contributed by atoms with Crippen molar-refractivity contribution < 1.29 is 17.9 Å². The van der Waals surface area contributed by atoms with Gasteiger partial charge < -0.3 is 10.1 Å². The molecule has 0 aliphatic rings. The predicted molar refractivity (Wildman–Crippen MR) is 94.1 cm³/mol. The average molecular weight is 377 g/mol. The molecular weight excluding hydrogens is 359 g/mol. The number of ether oxygens (including phenoxy) is 1. The van der Waals surface area contributed by atoms with E-state index in [2.05, 4.69) is 20.4 Å². The molecule has 1 aromatic carbocycles. The molecule has 0 saturated heterocycles. The van der Waals surface area contributed by atoms with Crippen molar-refractivity contribution in [2.45, 2.75) is 20.0 Å². The molecule has 0 bridgehead atoms. The maximum absolute atomic E-state index is 12.7. The third-order valence-corrected chi connectivity index (χ3v) is 3.69. The molecule has 27 heavy (non-hydrogen) atoms. The lowest BCUT2D eigenvalue weighted by molar-refractivity contribution is -0.137. The summed E-state index contributed by atoms with van der Waals surface area (Å²) in [5.41, 5.74) is 1.07. The topological polar surface area (TPSA) is 64.9 Å². The zero-order chi connectivity index (χ0) is 19.4. The summed E-state index contributed by atoms with van der Waals surface area (Å²) in [5.74, 6) is 1.26. The third kappa shape index (κ3) is 4.75. The van der Waals surface area contributed by atoms with Gasteiger partial charge in [-0.1, -0.05) is 6.07 Å². The van der Waals surface area contributed by atoms with E-state index < -0.39 is 11.7 Å². The standard InChI is InChI=1S/C18H18F3N5O/c1-12-8-13(2)26(25-12)17-11-22-10-16(24-17)23-6-7-27-15-5-3-4-14(9-15)18(19,20)21/h3-5,8-11H,6-7H2,1-2H3,(H,23,24). The van der Waals surface area contributed by atoms with Crippen LogP contribution in [0, 0.1) is 13.8 Å². The van der Waals surface area contributed by atoms with Crippen LogP contribution in [-0.4, -0.2) is 32.9 Å². The highest BCUT2D eigenvalue weighted by molar-refractivity contribution is 5.36. The van der Waals surface area contributed by atoms with Crippen LogP contribution in [0.15, 0.2) is 42.7 Å². The first kappa shape index (κ1) is 18.7. The van der Waals surface area contributed by atoms with E-state index in [4.69, 9.17) is 4.74 Å². The quantitative estimate of drug-likeness (QED) is 0.662. The van der Waals surface area contributed by atoms with E-state index in [1.54, 1.807) is 17.1 Å². The zero-order valence-corrected chi connectivity index (χ0v) is 14.8. The lowest BCUT2D eigenvalue weighted by Gasteiger charge is -2.11. The van der Waals surface area contributed by atoms with Crippen molar-refractivity contribution in [3.05, 3.63) is 59.7 Å². The summed E-state index contributed by atoms with van der Waals surface area (Å²) in [6, 6.07) is 6.71. The van der Waals surface area contributed by atoms with Crippen LogP contribution in [0.3, 0.4) is 0 Å². The van der Waals surface area contributed by atoms with Gasteiger partial charge in [0.1, 0.15) is 18.2 Å². The third-order valence-electron chi connectivity index (χ3n) is 3.69. The number of nitrogens with zero attached hydrogens (tertiary/aromatic N) is 4. The number of hydrogen-bond acceptors (Lipinski definition) is 5. The lowest BCUT2D eigenvalue weighted by Crippen LogP contribution is -2.14. The number of nitrogens with one attached hydrogen (secondary N) is 1. The van der Waals surface area contributed by atoms with Gasteiger partial charge in [0, 0.05) is 5.69 Å². The first-order valence-corrected chi connectivity index (χ1v) is 8.22. The summed E-state index contributed by atoms with van der Waals surface area (Å²) in [5, 5.41) is 7.39. The van der Waals surface area contributed by atoms with Gasteiger partial charge >= 0.3 is 6.18 Å². The minimum absolute atomic E-state index is 0.161.